The highest BCUT2D eigenvalue weighted by atomic mass is 16.5. The zero-order valence-electron chi connectivity index (χ0n) is 13.9. The lowest BCUT2D eigenvalue weighted by molar-refractivity contribution is -0.119. The van der Waals surface area contributed by atoms with Crippen molar-refractivity contribution in [1.29, 1.82) is 0 Å². The number of esters is 1. The Morgan fingerprint density at radius 1 is 0.958 bits per heavy atom. The standard InChI is InChI=1S/C19H21NO4/c1-14(21)20-13-16-3-7-17(8-4-16)19(22)24-12-11-15-5-9-18(23-2)10-6-15/h3-10H,11-13H2,1-2H3,(H,20,21). The Kier molecular flexibility index (Phi) is 6.37. The fraction of sp³-hybridized carbons (Fsp3) is 0.263. The van der Waals surface area contributed by atoms with Crippen LogP contribution >= 0.6 is 0 Å². The molecule has 24 heavy (non-hydrogen) atoms. The molecule has 0 saturated carbocycles. The van der Waals surface area contributed by atoms with Crippen molar-refractivity contribution in [2.75, 3.05) is 13.7 Å². The number of hydrogen-bond donors (Lipinski definition) is 1. The average Bonchev–Trinajstić information content (AvgIpc) is 2.61. The number of ether oxygens (including phenoxy) is 2. The number of benzene rings is 2. The third-order valence-electron chi connectivity index (χ3n) is 3.51. The van der Waals surface area contributed by atoms with Crippen LogP contribution in [0.1, 0.15) is 28.4 Å². The predicted octanol–water partition coefficient (Wildman–Crippen LogP) is 2.73. The first-order chi connectivity index (χ1) is 11.6. The van der Waals surface area contributed by atoms with E-state index >= 15 is 0 Å². The van der Waals surface area contributed by atoms with E-state index in [-0.39, 0.29) is 11.9 Å². The number of methoxy groups -OCH3 is 1. The molecular formula is C19H21NO4. The van der Waals surface area contributed by atoms with E-state index in [9.17, 15) is 9.59 Å². The normalized spacial score (nSPS) is 10.1. The first kappa shape index (κ1) is 17.5. The molecule has 0 bridgehead atoms. The van der Waals surface area contributed by atoms with Gasteiger partial charge in [0.1, 0.15) is 5.75 Å². The van der Waals surface area contributed by atoms with E-state index in [4.69, 9.17) is 9.47 Å². The summed E-state index contributed by atoms with van der Waals surface area (Å²) in [5, 5.41) is 2.71. The van der Waals surface area contributed by atoms with Gasteiger partial charge in [-0.2, -0.15) is 0 Å². The Labute approximate surface area is 141 Å². The quantitative estimate of drug-likeness (QED) is 0.794. The van der Waals surface area contributed by atoms with Crippen molar-refractivity contribution in [3.8, 4) is 5.75 Å². The van der Waals surface area contributed by atoms with Crippen LogP contribution in [-0.4, -0.2) is 25.6 Å². The van der Waals surface area contributed by atoms with Crippen molar-refractivity contribution in [3.63, 3.8) is 0 Å². The van der Waals surface area contributed by atoms with Gasteiger partial charge in [0.2, 0.25) is 5.91 Å². The molecule has 0 unspecified atom stereocenters. The van der Waals surface area contributed by atoms with Gasteiger partial charge in [0.05, 0.1) is 19.3 Å². The maximum atomic E-state index is 12.0. The third-order valence-corrected chi connectivity index (χ3v) is 3.51. The molecule has 2 aromatic rings. The van der Waals surface area contributed by atoms with Crippen LogP contribution in [0.3, 0.4) is 0 Å². The topological polar surface area (TPSA) is 64.6 Å². The molecule has 0 aliphatic carbocycles. The fourth-order valence-electron chi connectivity index (χ4n) is 2.12. The highest BCUT2D eigenvalue weighted by molar-refractivity contribution is 5.89. The molecule has 0 radical (unpaired) electrons. The second kappa shape index (κ2) is 8.72. The second-order valence-corrected chi connectivity index (χ2v) is 5.34. The summed E-state index contributed by atoms with van der Waals surface area (Å²) in [6.07, 6.45) is 0.649. The minimum Gasteiger partial charge on any atom is -0.497 e. The fourth-order valence-corrected chi connectivity index (χ4v) is 2.12. The Morgan fingerprint density at radius 3 is 2.17 bits per heavy atom. The van der Waals surface area contributed by atoms with Crippen LogP contribution in [0.2, 0.25) is 0 Å². The van der Waals surface area contributed by atoms with Gasteiger partial charge >= 0.3 is 5.97 Å². The van der Waals surface area contributed by atoms with Gasteiger partial charge in [-0.15, -0.1) is 0 Å². The van der Waals surface area contributed by atoms with E-state index < -0.39 is 0 Å². The molecule has 5 nitrogen and oxygen atoms in total. The number of carbonyl (C=O) groups excluding carboxylic acids is 2. The van der Waals surface area contributed by atoms with Gasteiger partial charge in [0, 0.05) is 19.9 Å². The van der Waals surface area contributed by atoms with E-state index in [1.54, 1.807) is 31.4 Å². The van der Waals surface area contributed by atoms with Crippen LogP contribution < -0.4 is 10.1 Å². The van der Waals surface area contributed by atoms with E-state index in [1.807, 2.05) is 24.3 Å². The lowest BCUT2D eigenvalue weighted by atomic mass is 10.1. The number of nitrogens with one attached hydrogen (secondary N) is 1. The van der Waals surface area contributed by atoms with E-state index in [2.05, 4.69) is 5.32 Å². The monoisotopic (exact) mass is 327 g/mol. The van der Waals surface area contributed by atoms with Crippen molar-refractivity contribution in [1.82, 2.24) is 5.32 Å². The van der Waals surface area contributed by atoms with Gasteiger partial charge < -0.3 is 14.8 Å². The summed E-state index contributed by atoms with van der Waals surface area (Å²) in [7, 11) is 1.62. The molecule has 5 heteroatoms. The minimum absolute atomic E-state index is 0.0861. The Bertz CT molecular complexity index is 678. The molecule has 0 aliphatic rings. The summed E-state index contributed by atoms with van der Waals surface area (Å²) in [6, 6.07) is 14.7. The number of amides is 1. The predicted molar refractivity (Wildman–Crippen MR) is 90.9 cm³/mol. The van der Waals surface area contributed by atoms with Crippen molar-refractivity contribution in [2.45, 2.75) is 19.9 Å². The van der Waals surface area contributed by atoms with Crippen LogP contribution in [0.15, 0.2) is 48.5 Å². The lowest BCUT2D eigenvalue weighted by Crippen LogP contribution is -2.18. The molecule has 0 atom stereocenters. The van der Waals surface area contributed by atoms with Gasteiger partial charge in [0.15, 0.2) is 0 Å². The van der Waals surface area contributed by atoms with Crippen LogP contribution in [-0.2, 0) is 22.5 Å². The number of hydrogen-bond acceptors (Lipinski definition) is 4. The molecule has 0 heterocycles. The molecule has 0 saturated heterocycles. The molecule has 1 amide bonds. The zero-order valence-corrected chi connectivity index (χ0v) is 13.9. The molecule has 126 valence electrons. The van der Waals surface area contributed by atoms with Crippen molar-refractivity contribution in [2.24, 2.45) is 0 Å². The first-order valence-electron chi connectivity index (χ1n) is 7.72. The van der Waals surface area contributed by atoms with Gasteiger partial charge in [-0.1, -0.05) is 24.3 Å². The average molecular weight is 327 g/mol. The van der Waals surface area contributed by atoms with Gasteiger partial charge in [-0.25, -0.2) is 4.79 Å². The molecule has 1 N–H and O–H groups in total. The summed E-state index contributed by atoms with van der Waals surface area (Å²) >= 11 is 0. The minimum atomic E-state index is -0.352. The van der Waals surface area contributed by atoms with Crippen LogP contribution in [0, 0.1) is 0 Å². The smallest absolute Gasteiger partial charge is 0.338 e. The van der Waals surface area contributed by atoms with Gasteiger partial charge in [0.25, 0.3) is 0 Å². The number of rotatable bonds is 7. The molecule has 0 fully saturated rings. The van der Waals surface area contributed by atoms with E-state index in [0.29, 0.717) is 25.1 Å². The Morgan fingerprint density at radius 2 is 1.58 bits per heavy atom. The summed E-state index contributed by atoms with van der Waals surface area (Å²) in [5.74, 6) is 0.363. The van der Waals surface area contributed by atoms with Crippen molar-refractivity contribution < 1.29 is 19.1 Å². The third kappa shape index (κ3) is 5.43. The SMILES string of the molecule is COc1ccc(CCOC(=O)c2ccc(CNC(C)=O)cc2)cc1. The molecule has 0 spiro atoms. The van der Waals surface area contributed by atoms with Crippen LogP contribution in [0.25, 0.3) is 0 Å². The number of carbonyl (C=O) groups is 2. The summed E-state index contributed by atoms with van der Waals surface area (Å²) in [5.41, 5.74) is 2.51. The summed E-state index contributed by atoms with van der Waals surface area (Å²) in [4.78, 5) is 22.9. The highest BCUT2D eigenvalue weighted by Crippen LogP contribution is 2.12. The second-order valence-electron chi connectivity index (χ2n) is 5.34. The molecular weight excluding hydrogens is 306 g/mol. The molecule has 0 aliphatic heterocycles. The first-order valence-corrected chi connectivity index (χ1v) is 7.72. The Hall–Kier alpha value is -2.82. The molecule has 0 aromatic heterocycles. The zero-order chi connectivity index (χ0) is 17.4. The maximum absolute atomic E-state index is 12.0. The summed E-state index contributed by atoms with van der Waals surface area (Å²) in [6.45, 7) is 2.23. The molecule has 2 rings (SSSR count). The van der Waals surface area contributed by atoms with E-state index in [0.717, 1.165) is 16.9 Å². The highest BCUT2D eigenvalue weighted by Gasteiger charge is 2.07. The van der Waals surface area contributed by atoms with Crippen molar-refractivity contribution in [3.05, 3.63) is 65.2 Å². The lowest BCUT2D eigenvalue weighted by Gasteiger charge is -2.07. The van der Waals surface area contributed by atoms with Gasteiger partial charge in [-0.05, 0) is 35.4 Å². The summed E-state index contributed by atoms with van der Waals surface area (Å²) < 4.78 is 10.4. The van der Waals surface area contributed by atoms with Crippen molar-refractivity contribution >= 4 is 11.9 Å². The van der Waals surface area contributed by atoms with Crippen LogP contribution in [0.4, 0.5) is 0 Å². The Balaban J connectivity index is 1.80. The van der Waals surface area contributed by atoms with Crippen LogP contribution in [0.5, 0.6) is 5.75 Å². The van der Waals surface area contributed by atoms with E-state index in [1.165, 1.54) is 6.92 Å². The maximum Gasteiger partial charge on any atom is 0.338 e. The largest absolute Gasteiger partial charge is 0.497 e. The molecule has 2 aromatic carbocycles. The van der Waals surface area contributed by atoms with Gasteiger partial charge in [-0.3, -0.25) is 4.79 Å².